The summed E-state index contributed by atoms with van der Waals surface area (Å²) in [5.74, 6) is 0. The minimum absolute atomic E-state index is 0.0948. The molecule has 4 heterocycles. The molecule has 0 bridgehead atoms. The average Bonchev–Trinajstić information content (AvgIpc) is 3.31. The van der Waals surface area contributed by atoms with Crippen molar-refractivity contribution < 1.29 is 4.63 Å². The lowest BCUT2D eigenvalue weighted by molar-refractivity contribution is 0.209. The van der Waals surface area contributed by atoms with E-state index < -0.39 is 0 Å². The molecule has 1 aliphatic heterocycles. The molecule has 1 aliphatic rings. The van der Waals surface area contributed by atoms with Crippen LogP contribution in [0.15, 0.2) is 52.3 Å². The summed E-state index contributed by atoms with van der Waals surface area (Å²) in [7, 11) is 0. The zero-order valence-corrected chi connectivity index (χ0v) is 13.7. The highest BCUT2D eigenvalue weighted by atomic mass is 16.6. The van der Waals surface area contributed by atoms with Crippen LogP contribution in [0.1, 0.15) is 18.5 Å². The Morgan fingerprint density at radius 1 is 1.24 bits per heavy atom. The minimum atomic E-state index is -0.0948. The monoisotopic (exact) mass is 338 g/mol. The van der Waals surface area contributed by atoms with Crippen LogP contribution in [0, 0.1) is 0 Å². The lowest BCUT2D eigenvalue weighted by Crippen LogP contribution is -2.36. The van der Waals surface area contributed by atoms with Crippen molar-refractivity contribution in [2.75, 3.05) is 6.54 Å². The number of likely N-dealkylation sites (tertiary alicyclic amines) is 1. The van der Waals surface area contributed by atoms with Gasteiger partial charge in [0.25, 0.3) is 5.56 Å². The molecule has 1 fully saturated rings. The number of hydrogen-bond acceptors (Lipinski definition) is 7. The first-order valence-corrected chi connectivity index (χ1v) is 8.28. The first-order valence-electron chi connectivity index (χ1n) is 8.28. The molecule has 1 saturated heterocycles. The fourth-order valence-corrected chi connectivity index (χ4v) is 3.22. The van der Waals surface area contributed by atoms with Crippen LogP contribution in [-0.2, 0) is 13.1 Å². The van der Waals surface area contributed by atoms with Crippen LogP contribution in [0.5, 0.6) is 0 Å². The Labute approximate surface area is 144 Å². The van der Waals surface area contributed by atoms with E-state index in [-0.39, 0.29) is 11.6 Å². The number of pyridine rings is 1. The predicted octanol–water partition coefficient (Wildman–Crippen LogP) is 1.35. The normalized spacial score (nSPS) is 17.8. The van der Waals surface area contributed by atoms with Crippen LogP contribution in [-0.4, -0.2) is 42.6 Å². The highest BCUT2D eigenvalue weighted by Crippen LogP contribution is 2.21. The van der Waals surface area contributed by atoms with E-state index in [0.29, 0.717) is 13.1 Å². The molecule has 8 nitrogen and oxygen atoms in total. The molecule has 1 atom stereocenters. The van der Waals surface area contributed by atoms with Crippen LogP contribution in [0.25, 0.3) is 11.3 Å². The summed E-state index contributed by atoms with van der Waals surface area (Å²) in [6.45, 7) is 2.19. The molecule has 0 amide bonds. The summed E-state index contributed by atoms with van der Waals surface area (Å²) in [5, 5.41) is 12.0. The van der Waals surface area contributed by atoms with Crippen molar-refractivity contribution in [2.45, 2.75) is 32.0 Å². The van der Waals surface area contributed by atoms with E-state index in [1.54, 1.807) is 35.4 Å². The lowest BCUT2D eigenvalue weighted by atomic mass is 10.2. The van der Waals surface area contributed by atoms with Crippen molar-refractivity contribution in [1.29, 1.82) is 0 Å². The summed E-state index contributed by atoms with van der Waals surface area (Å²) in [4.78, 5) is 18.7. The van der Waals surface area contributed by atoms with Crippen molar-refractivity contribution in [3.63, 3.8) is 0 Å². The third-order valence-electron chi connectivity index (χ3n) is 4.48. The maximum atomic E-state index is 12.2. The Morgan fingerprint density at radius 3 is 3.00 bits per heavy atom. The van der Waals surface area contributed by atoms with Crippen molar-refractivity contribution in [3.8, 4) is 11.3 Å². The molecule has 0 aromatic carbocycles. The number of rotatable bonds is 5. The van der Waals surface area contributed by atoms with Gasteiger partial charge in [-0.2, -0.15) is 5.10 Å². The number of nitrogens with zero attached hydrogens (tertiary/aromatic N) is 6. The SMILES string of the molecule is O=c1ccc(-c2cccnc2)nn1CC1CCCN1Cc1cnon1. The van der Waals surface area contributed by atoms with Crippen molar-refractivity contribution in [2.24, 2.45) is 0 Å². The van der Waals surface area contributed by atoms with E-state index in [9.17, 15) is 4.79 Å². The molecular formula is C17H18N6O2. The largest absolute Gasteiger partial charge is 0.293 e. The molecule has 8 heteroatoms. The molecule has 4 rings (SSSR count). The van der Waals surface area contributed by atoms with Gasteiger partial charge in [-0.15, -0.1) is 0 Å². The molecule has 0 radical (unpaired) electrons. The van der Waals surface area contributed by atoms with Gasteiger partial charge >= 0.3 is 0 Å². The van der Waals surface area contributed by atoms with Crippen LogP contribution in [0.2, 0.25) is 0 Å². The molecule has 0 spiro atoms. The molecule has 3 aromatic rings. The van der Waals surface area contributed by atoms with E-state index in [2.05, 4.69) is 29.9 Å². The van der Waals surface area contributed by atoms with Crippen LogP contribution < -0.4 is 5.56 Å². The summed E-state index contributed by atoms with van der Waals surface area (Å²) in [6, 6.07) is 7.34. The Kier molecular flexibility index (Phi) is 4.34. The molecule has 0 N–H and O–H groups in total. The molecule has 25 heavy (non-hydrogen) atoms. The highest BCUT2D eigenvalue weighted by molar-refractivity contribution is 5.56. The van der Waals surface area contributed by atoms with Gasteiger partial charge in [0.15, 0.2) is 0 Å². The van der Waals surface area contributed by atoms with Gasteiger partial charge in [-0.1, -0.05) is 10.3 Å². The van der Waals surface area contributed by atoms with Crippen LogP contribution in [0.4, 0.5) is 0 Å². The topological polar surface area (TPSA) is 89.9 Å². The number of hydrogen-bond donors (Lipinski definition) is 0. The third-order valence-corrected chi connectivity index (χ3v) is 4.48. The summed E-state index contributed by atoms with van der Waals surface area (Å²) < 4.78 is 6.21. The Morgan fingerprint density at radius 2 is 2.20 bits per heavy atom. The Bertz CT molecular complexity index is 878. The van der Waals surface area contributed by atoms with Gasteiger partial charge in [0.05, 0.1) is 18.4 Å². The fraction of sp³-hybridized carbons (Fsp3) is 0.353. The van der Waals surface area contributed by atoms with Gasteiger partial charge in [0.1, 0.15) is 5.69 Å². The summed E-state index contributed by atoms with van der Waals surface area (Å²) in [5.41, 5.74) is 2.35. The maximum Gasteiger partial charge on any atom is 0.266 e. The van der Waals surface area contributed by atoms with Gasteiger partial charge in [-0.05, 0) is 37.6 Å². The molecule has 128 valence electrons. The second-order valence-electron chi connectivity index (χ2n) is 6.15. The average molecular weight is 338 g/mol. The quantitative estimate of drug-likeness (QED) is 0.693. The molecule has 3 aromatic heterocycles. The summed E-state index contributed by atoms with van der Waals surface area (Å²) in [6.07, 6.45) is 7.21. The standard InChI is InChI=1S/C17H18N6O2/c24-17-6-5-16(13-3-1-7-18-9-13)20-23(17)12-15-4-2-8-22(15)11-14-10-19-25-21-14/h1,3,5-7,9-10,15H,2,4,8,11-12H2. The third kappa shape index (κ3) is 3.48. The van der Waals surface area contributed by atoms with Crippen LogP contribution in [0.3, 0.4) is 0 Å². The van der Waals surface area contributed by atoms with E-state index in [4.69, 9.17) is 0 Å². The first kappa shape index (κ1) is 15.6. The van der Waals surface area contributed by atoms with Crippen LogP contribution >= 0.6 is 0 Å². The first-order chi connectivity index (χ1) is 12.3. The molecule has 1 unspecified atom stereocenters. The Balaban J connectivity index is 1.54. The smallest absolute Gasteiger partial charge is 0.266 e. The van der Waals surface area contributed by atoms with Gasteiger partial charge in [-0.25, -0.2) is 9.31 Å². The lowest BCUT2D eigenvalue weighted by Gasteiger charge is -2.23. The van der Waals surface area contributed by atoms with Crippen molar-refractivity contribution >= 4 is 0 Å². The van der Waals surface area contributed by atoms with Gasteiger partial charge in [0, 0.05) is 36.6 Å². The Hall–Kier alpha value is -2.87. The van der Waals surface area contributed by atoms with Crippen molar-refractivity contribution in [3.05, 3.63) is 58.9 Å². The molecule has 0 saturated carbocycles. The zero-order chi connectivity index (χ0) is 17.1. The van der Waals surface area contributed by atoms with E-state index in [1.165, 1.54) is 0 Å². The van der Waals surface area contributed by atoms with Crippen molar-refractivity contribution in [1.82, 2.24) is 30.0 Å². The van der Waals surface area contributed by atoms with Gasteiger partial charge < -0.3 is 0 Å². The van der Waals surface area contributed by atoms with E-state index >= 15 is 0 Å². The zero-order valence-electron chi connectivity index (χ0n) is 13.7. The van der Waals surface area contributed by atoms with E-state index in [0.717, 1.165) is 36.3 Å². The molecule has 0 aliphatic carbocycles. The molecular weight excluding hydrogens is 320 g/mol. The van der Waals surface area contributed by atoms with Gasteiger partial charge in [-0.3, -0.25) is 14.7 Å². The maximum absolute atomic E-state index is 12.2. The minimum Gasteiger partial charge on any atom is -0.293 e. The fourth-order valence-electron chi connectivity index (χ4n) is 3.22. The highest BCUT2D eigenvalue weighted by Gasteiger charge is 2.26. The summed E-state index contributed by atoms with van der Waals surface area (Å²) >= 11 is 0. The second kappa shape index (κ2) is 6.94. The number of aromatic nitrogens is 5. The second-order valence-corrected chi connectivity index (χ2v) is 6.15. The van der Waals surface area contributed by atoms with E-state index in [1.807, 2.05) is 12.1 Å². The predicted molar refractivity (Wildman–Crippen MR) is 89.5 cm³/mol. The van der Waals surface area contributed by atoms with Gasteiger partial charge in [0.2, 0.25) is 0 Å².